The lowest BCUT2D eigenvalue weighted by molar-refractivity contribution is 1.09. The molecule has 0 atom stereocenters. The average Bonchev–Trinajstić information content (AvgIpc) is 2.85. The van der Waals surface area contributed by atoms with E-state index in [2.05, 4.69) is 121 Å². The van der Waals surface area contributed by atoms with Gasteiger partial charge < -0.3 is 0 Å². The maximum atomic E-state index is 2.38. The molecule has 0 N–H and O–H groups in total. The molecule has 5 aromatic carbocycles. The lowest BCUT2D eigenvalue weighted by Gasteiger charge is -2.11. The molecule has 0 unspecified atom stereocenters. The number of fused-ring (bicyclic) bond motifs is 10. The lowest BCUT2D eigenvalue weighted by Crippen LogP contribution is -1.97. The van der Waals surface area contributed by atoms with E-state index in [1.54, 1.807) is 0 Å². The molecule has 35 heavy (non-hydrogen) atoms. The Kier molecular flexibility index (Phi) is 6.03. The molecule has 0 radical (unpaired) electrons. The second-order valence-corrected chi connectivity index (χ2v) is 9.98. The molecule has 0 aliphatic heterocycles. The molecular formula is C35H30. The number of benzene rings is 5. The second kappa shape index (κ2) is 9.76. The van der Waals surface area contributed by atoms with Gasteiger partial charge in [-0.25, -0.2) is 0 Å². The van der Waals surface area contributed by atoms with Gasteiger partial charge in [-0.2, -0.15) is 0 Å². The molecule has 0 nitrogen and oxygen atoms in total. The molecule has 0 heteroatoms. The van der Waals surface area contributed by atoms with Crippen LogP contribution in [0.2, 0.25) is 0 Å². The van der Waals surface area contributed by atoms with Crippen molar-refractivity contribution in [3.8, 4) is 0 Å². The summed E-state index contributed by atoms with van der Waals surface area (Å²) in [5.41, 5.74) is 13.8. The highest BCUT2D eigenvalue weighted by molar-refractivity contribution is 5.39. The van der Waals surface area contributed by atoms with Crippen LogP contribution in [0.5, 0.6) is 0 Å². The van der Waals surface area contributed by atoms with Gasteiger partial charge in [0.2, 0.25) is 0 Å². The molecule has 6 rings (SSSR count). The molecule has 10 bridgehead atoms. The van der Waals surface area contributed by atoms with Crippen LogP contribution in [0.1, 0.15) is 55.6 Å². The summed E-state index contributed by atoms with van der Waals surface area (Å²) in [6.45, 7) is 0. The van der Waals surface area contributed by atoms with Crippen LogP contribution in [-0.4, -0.2) is 0 Å². The molecule has 0 heterocycles. The normalized spacial score (nSPS) is 13.1. The molecule has 0 spiro atoms. The summed E-state index contributed by atoms with van der Waals surface area (Å²) in [6, 6.07) is 45.5. The molecule has 0 aromatic heterocycles. The first kappa shape index (κ1) is 21.6. The first-order chi connectivity index (χ1) is 17.2. The zero-order valence-corrected chi connectivity index (χ0v) is 20.1. The summed E-state index contributed by atoms with van der Waals surface area (Å²) in [6.07, 6.45) is 4.84. The highest BCUT2D eigenvalue weighted by Gasteiger charge is 2.06. The van der Waals surface area contributed by atoms with E-state index in [1.807, 2.05) is 0 Å². The van der Waals surface area contributed by atoms with Crippen molar-refractivity contribution >= 4 is 0 Å². The van der Waals surface area contributed by atoms with Crippen LogP contribution in [0.4, 0.5) is 0 Å². The predicted octanol–water partition coefficient (Wildman–Crippen LogP) is 7.95. The number of hydrogen-bond donors (Lipinski definition) is 0. The van der Waals surface area contributed by atoms with Crippen molar-refractivity contribution in [2.24, 2.45) is 0 Å². The Morgan fingerprint density at radius 3 is 0.514 bits per heavy atom. The standard InChI is InChI=1S/C35H30/c1-6-26-16-27(7-1)22-29-9-3-11-31(18-29)24-33-13-5-15-35(20-33)25-34-14-4-12-32(19-34)23-30-10-2-8-28(17-30)21-26/h1-20H,21-25H2. The van der Waals surface area contributed by atoms with Gasteiger partial charge in [0.15, 0.2) is 0 Å². The molecule has 0 saturated heterocycles. The monoisotopic (exact) mass is 450 g/mol. The van der Waals surface area contributed by atoms with E-state index in [0.717, 1.165) is 32.1 Å². The average molecular weight is 451 g/mol. The summed E-state index contributed by atoms with van der Waals surface area (Å²) >= 11 is 0. The minimum Gasteiger partial charge on any atom is -0.0617 e. The van der Waals surface area contributed by atoms with Gasteiger partial charge in [0, 0.05) is 0 Å². The van der Waals surface area contributed by atoms with Crippen molar-refractivity contribution in [3.63, 3.8) is 0 Å². The van der Waals surface area contributed by atoms with E-state index in [9.17, 15) is 0 Å². The fourth-order valence-electron chi connectivity index (χ4n) is 5.43. The fraction of sp³-hybridized carbons (Fsp3) is 0.143. The highest BCUT2D eigenvalue weighted by Crippen LogP contribution is 2.21. The van der Waals surface area contributed by atoms with Crippen LogP contribution in [0.3, 0.4) is 0 Å². The van der Waals surface area contributed by atoms with Crippen molar-refractivity contribution in [2.75, 3.05) is 0 Å². The van der Waals surface area contributed by atoms with Crippen LogP contribution < -0.4 is 0 Å². The topological polar surface area (TPSA) is 0 Å². The van der Waals surface area contributed by atoms with Crippen LogP contribution >= 0.6 is 0 Å². The zero-order valence-electron chi connectivity index (χ0n) is 20.1. The Morgan fingerprint density at radius 1 is 0.229 bits per heavy atom. The first-order valence-electron chi connectivity index (χ1n) is 12.6. The zero-order chi connectivity index (χ0) is 23.5. The molecule has 1 aliphatic rings. The van der Waals surface area contributed by atoms with Gasteiger partial charge in [0.05, 0.1) is 0 Å². The Labute approximate surface area is 208 Å². The quantitative estimate of drug-likeness (QED) is 0.220. The number of hydrogen-bond acceptors (Lipinski definition) is 0. The third-order valence-electron chi connectivity index (χ3n) is 7.00. The van der Waals surface area contributed by atoms with E-state index >= 15 is 0 Å². The summed E-state index contributed by atoms with van der Waals surface area (Å²) in [4.78, 5) is 0. The van der Waals surface area contributed by atoms with Crippen molar-refractivity contribution in [1.82, 2.24) is 0 Å². The predicted molar refractivity (Wildman–Crippen MR) is 146 cm³/mol. The molecule has 0 amide bonds. The minimum atomic E-state index is 0.969. The molecular weight excluding hydrogens is 420 g/mol. The van der Waals surface area contributed by atoms with Gasteiger partial charge in [0.25, 0.3) is 0 Å². The second-order valence-electron chi connectivity index (χ2n) is 9.98. The van der Waals surface area contributed by atoms with Crippen LogP contribution in [0.25, 0.3) is 0 Å². The van der Waals surface area contributed by atoms with Gasteiger partial charge in [-0.1, -0.05) is 121 Å². The highest BCUT2D eigenvalue weighted by atomic mass is 14.1. The summed E-state index contributed by atoms with van der Waals surface area (Å²) < 4.78 is 0. The van der Waals surface area contributed by atoms with Crippen molar-refractivity contribution < 1.29 is 0 Å². The number of rotatable bonds is 0. The van der Waals surface area contributed by atoms with Gasteiger partial charge in [-0.05, 0) is 87.7 Å². The van der Waals surface area contributed by atoms with Gasteiger partial charge >= 0.3 is 0 Å². The van der Waals surface area contributed by atoms with E-state index in [1.165, 1.54) is 55.6 Å². The molecule has 0 fully saturated rings. The van der Waals surface area contributed by atoms with Crippen LogP contribution in [0.15, 0.2) is 121 Å². The minimum absolute atomic E-state index is 0.969. The Balaban J connectivity index is 1.41. The van der Waals surface area contributed by atoms with Crippen LogP contribution in [0, 0.1) is 0 Å². The maximum absolute atomic E-state index is 2.38. The van der Waals surface area contributed by atoms with Crippen molar-refractivity contribution in [3.05, 3.63) is 177 Å². The Hall–Kier alpha value is -3.90. The Bertz CT molecular complexity index is 1120. The molecule has 5 aromatic rings. The molecule has 0 saturated carbocycles. The van der Waals surface area contributed by atoms with Gasteiger partial charge in [-0.3, -0.25) is 0 Å². The van der Waals surface area contributed by atoms with E-state index in [0.29, 0.717) is 0 Å². The van der Waals surface area contributed by atoms with E-state index in [-0.39, 0.29) is 0 Å². The largest absolute Gasteiger partial charge is 0.0617 e. The van der Waals surface area contributed by atoms with Crippen molar-refractivity contribution in [1.29, 1.82) is 0 Å². The van der Waals surface area contributed by atoms with E-state index in [4.69, 9.17) is 0 Å². The molecule has 1 aliphatic carbocycles. The maximum Gasteiger partial charge on any atom is -0.00256 e. The summed E-state index contributed by atoms with van der Waals surface area (Å²) in [5.74, 6) is 0. The SMILES string of the molecule is c1cc2cc(c1)Cc1cccc(c1)Cc1cccc(c1)Cc1cccc(c1)Cc1cccc(c1)C2. The van der Waals surface area contributed by atoms with Gasteiger partial charge in [0.1, 0.15) is 0 Å². The lowest BCUT2D eigenvalue weighted by atomic mass is 9.94. The van der Waals surface area contributed by atoms with Crippen molar-refractivity contribution in [2.45, 2.75) is 32.1 Å². The smallest absolute Gasteiger partial charge is 0.00256 e. The Morgan fingerprint density at radius 2 is 0.371 bits per heavy atom. The summed E-state index contributed by atoms with van der Waals surface area (Å²) in [5, 5.41) is 0. The fourth-order valence-corrected chi connectivity index (χ4v) is 5.43. The van der Waals surface area contributed by atoms with Gasteiger partial charge in [-0.15, -0.1) is 0 Å². The first-order valence-corrected chi connectivity index (χ1v) is 12.6. The molecule has 170 valence electrons. The third-order valence-corrected chi connectivity index (χ3v) is 7.00. The summed E-state index contributed by atoms with van der Waals surface area (Å²) in [7, 11) is 0. The van der Waals surface area contributed by atoms with Crippen LogP contribution in [-0.2, 0) is 32.1 Å². The van der Waals surface area contributed by atoms with E-state index < -0.39 is 0 Å². The third kappa shape index (κ3) is 5.44.